The molecule has 134 valence electrons. The third-order valence-corrected chi connectivity index (χ3v) is 5.97. The summed E-state index contributed by atoms with van der Waals surface area (Å²) in [6.07, 6.45) is 2.48. The summed E-state index contributed by atoms with van der Waals surface area (Å²) in [6.45, 7) is 6.81. The van der Waals surface area contributed by atoms with E-state index in [4.69, 9.17) is 0 Å². The van der Waals surface area contributed by atoms with E-state index in [1.165, 1.54) is 42.4 Å². The van der Waals surface area contributed by atoms with Crippen molar-refractivity contribution >= 4 is 44.6 Å². The maximum atomic E-state index is 12.3. The van der Waals surface area contributed by atoms with Crippen LogP contribution in [0.1, 0.15) is 42.1 Å². The summed E-state index contributed by atoms with van der Waals surface area (Å²) < 4.78 is 0. The molecule has 0 saturated carbocycles. The number of thiophene rings is 1. The van der Waals surface area contributed by atoms with Crippen LogP contribution in [0, 0.1) is 5.92 Å². The lowest BCUT2D eigenvalue weighted by molar-refractivity contribution is -0.114. The molecule has 3 rings (SSSR count). The fraction of sp³-hybridized carbons (Fsp3) is 0.471. The van der Waals surface area contributed by atoms with Crippen LogP contribution < -0.4 is 10.6 Å². The van der Waals surface area contributed by atoms with Crippen molar-refractivity contribution in [3.63, 3.8) is 0 Å². The van der Waals surface area contributed by atoms with E-state index in [0.717, 1.165) is 31.2 Å². The average Bonchev–Trinajstić information content (AvgIpc) is 3.19. The maximum absolute atomic E-state index is 12.3. The van der Waals surface area contributed by atoms with E-state index in [2.05, 4.69) is 27.4 Å². The van der Waals surface area contributed by atoms with Crippen LogP contribution in [0.3, 0.4) is 0 Å². The molecule has 0 spiro atoms. The maximum Gasteiger partial charge on any atom is 0.267 e. The molecule has 8 heteroatoms. The Balaban J connectivity index is 1.54. The summed E-state index contributed by atoms with van der Waals surface area (Å²) in [7, 11) is 0. The number of carbonyl (C=O) groups is 2. The second kappa shape index (κ2) is 8.07. The quantitative estimate of drug-likeness (QED) is 0.833. The lowest BCUT2D eigenvalue weighted by Gasteiger charge is -2.29. The fourth-order valence-electron chi connectivity index (χ4n) is 2.75. The number of carbonyl (C=O) groups excluding carboxylic acids is 2. The van der Waals surface area contributed by atoms with Gasteiger partial charge in [0.2, 0.25) is 5.91 Å². The summed E-state index contributed by atoms with van der Waals surface area (Å²) in [5.41, 5.74) is 1.000. The first-order valence-corrected chi connectivity index (χ1v) is 10.0. The zero-order valence-corrected chi connectivity index (χ0v) is 16.0. The molecule has 25 heavy (non-hydrogen) atoms. The van der Waals surface area contributed by atoms with Crippen molar-refractivity contribution in [3.8, 4) is 0 Å². The van der Waals surface area contributed by atoms with Gasteiger partial charge in [0.1, 0.15) is 0 Å². The van der Waals surface area contributed by atoms with Crippen LogP contribution in [0.25, 0.3) is 0 Å². The average molecular weight is 379 g/mol. The molecule has 1 aliphatic heterocycles. The predicted molar refractivity (Wildman–Crippen MR) is 102 cm³/mol. The van der Waals surface area contributed by atoms with Crippen LogP contribution in [0.15, 0.2) is 17.5 Å². The smallest absolute Gasteiger partial charge is 0.267 e. The summed E-state index contributed by atoms with van der Waals surface area (Å²) in [6, 6.07) is 3.43. The highest BCUT2D eigenvalue weighted by Crippen LogP contribution is 2.25. The van der Waals surface area contributed by atoms with Gasteiger partial charge in [-0.1, -0.05) is 6.92 Å². The Bertz CT molecular complexity index is 747. The van der Waals surface area contributed by atoms with Crippen molar-refractivity contribution in [1.29, 1.82) is 0 Å². The van der Waals surface area contributed by atoms with Crippen LogP contribution in [0.5, 0.6) is 0 Å². The number of amides is 2. The monoisotopic (exact) mass is 378 g/mol. The number of piperidine rings is 1. The van der Waals surface area contributed by atoms with Gasteiger partial charge in [-0.2, -0.15) is 0 Å². The summed E-state index contributed by atoms with van der Waals surface area (Å²) in [5.74, 6) is 0.467. The second-order valence-corrected chi connectivity index (χ2v) is 8.34. The third kappa shape index (κ3) is 5.10. The third-order valence-electron chi connectivity index (χ3n) is 4.16. The molecule has 0 unspecified atom stereocenters. The molecule has 1 fully saturated rings. The van der Waals surface area contributed by atoms with Gasteiger partial charge in [-0.3, -0.25) is 19.8 Å². The van der Waals surface area contributed by atoms with Gasteiger partial charge < -0.3 is 5.32 Å². The van der Waals surface area contributed by atoms with Gasteiger partial charge in [0.25, 0.3) is 5.91 Å². The molecule has 0 aromatic carbocycles. The van der Waals surface area contributed by atoms with Gasteiger partial charge in [0, 0.05) is 18.8 Å². The van der Waals surface area contributed by atoms with Crippen LogP contribution in [0.4, 0.5) is 10.1 Å². The standard InChI is InChI=1S/C17H22N4O2S2/c1-11-5-7-21(8-6-11)9-13-10-24-17(19-13)20-16(23)14-3-4-15(25-14)18-12(2)22/h3-4,10-11H,5-9H2,1-2H3,(H,18,22)(H,19,20,23). The molecule has 0 radical (unpaired) electrons. The number of rotatable bonds is 5. The molecule has 0 atom stereocenters. The van der Waals surface area contributed by atoms with E-state index < -0.39 is 0 Å². The minimum atomic E-state index is -0.200. The number of hydrogen-bond acceptors (Lipinski definition) is 6. The lowest BCUT2D eigenvalue weighted by Crippen LogP contribution is -2.32. The Kier molecular flexibility index (Phi) is 5.82. The molecule has 2 amide bonds. The molecule has 1 aliphatic rings. The fourth-order valence-corrected chi connectivity index (χ4v) is 4.29. The number of hydrogen-bond donors (Lipinski definition) is 2. The van der Waals surface area contributed by atoms with Crippen LogP contribution >= 0.6 is 22.7 Å². The summed E-state index contributed by atoms with van der Waals surface area (Å²) >= 11 is 2.69. The Morgan fingerprint density at radius 1 is 1.28 bits per heavy atom. The van der Waals surface area contributed by atoms with Gasteiger partial charge in [0.15, 0.2) is 5.13 Å². The van der Waals surface area contributed by atoms with Crippen molar-refractivity contribution in [3.05, 3.63) is 28.1 Å². The van der Waals surface area contributed by atoms with E-state index in [0.29, 0.717) is 15.0 Å². The first-order valence-electron chi connectivity index (χ1n) is 8.35. The van der Waals surface area contributed by atoms with E-state index >= 15 is 0 Å². The first-order chi connectivity index (χ1) is 12.0. The molecular weight excluding hydrogens is 356 g/mol. The highest BCUT2D eigenvalue weighted by atomic mass is 32.1. The van der Waals surface area contributed by atoms with Gasteiger partial charge in [-0.25, -0.2) is 4.98 Å². The molecule has 2 N–H and O–H groups in total. The van der Waals surface area contributed by atoms with Gasteiger partial charge >= 0.3 is 0 Å². The van der Waals surface area contributed by atoms with Crippen LogP contribution in [-0.2, 0) is 11.3 Å². The van der Waals surface area contributed by atoms with Crippen molar-refractivity contribution in [2.45, 2.75) is 33.2 Å². The lowest BCUT2D eigenvalue weighted by atomic mass is 9.99. The van der Waals surface area contributed by atoms with Gasteiger partial charge in [-0.05, 0) is 44.0 Å². The molecule has 6 nitrogen and oxygen atoms in total. The van der Waals surface area contributed by atoms with E-state index in [9.17, 15) is 9.59 Å². The molecule has 2 aromatic heterocycles. The number of likely N-dealkylation sites (tertiary alicyclic amines) is 1. The van der Waals surface area contributed by atoms with Crippen LogP contribution in [0.2, 0.25) is 0 Å². The van der Waals surface area contributed by atoms with Gasteiger partial charge in [-0.15, -0.1) is 22.7 Å². The van der Waals surface area contributed by atoms with Crippen molar-refractivity contribution < 1.29 is 9.59 Å². The number of nitrogens with one attached hydrogen (secondary N) is 2. The minimum Gasteiger partial charge on any atom is -0.318 e. The molecule has 0 aliphatic carbocycles. The molecule has 0 bridgehead atoms. The minimum absolute atomic E-state index is 0.148. The van der Waals surface area contributed by atoms with E-state index in [1.807, 2.05) is 5.38 Å². The molecule has 1 saturated heterocycles. The molecule has 2 aromatic rings. The van der Waals surface area contributed by atoms with Gasteiger partial charge in [0.05, 0.1) is 15.6 Å². The summed E-state index contributed by atoms with van der Waals surface area (Å²) in [5, 5.41) is 8.79. The van der Waals surface area contributed by atoms with Crippen molar-refractivity contribution in [1.82, 2.24) is 9.88 Å². The number of aromatic nitrogens is 1. The molecular formula is C17H22N4O2S2. The Morgan fingerprint density at radius 3 is 2.76 bits per heavy atom. The topological polar surface area (TPSA) is 74.3 Å². The Morgan fingerprint density at radius 2 is 2.04 bits per heavy atom. The number of nitrogens with zero attached hydrogens (tertiary/aromatic N) is 2. The zero-order chi connectivity index (χ0) is 17.8. The SMILES string of the molecule is CC(=O)Nc1ccc(C(=O)Nc2nc(CN3CCC(C)CC3)cs2)s1. The van der Waals surface area contributed by atoms with Crippen LogP contribution in [-0.4, -0.2) is 34.8 Å². The van der Waals surface area contributed by atoms with E-state index in [1.54, 1.807) is 12.1 Å². The Labute approximate surface area is 155 Å². The highest BCUT2D eigenvalue weighted by molar-refractivity contribution is 7.18. The highest BCUT2D eigenvalue weighted by Gasteiger charge is 2.17. The summed E-state index contributed by atoms with van der Waals surface area (Å²) in [4.78, 5) is 30.8. The predicted octanol–water partition coefficient (Wildman–Crippen LogP) is 3.65. The van der Waals surface area contributed by atoms with E-state index in [-0.39, 0.29) is 11.8 Å². The normalized spacial score (nSPS) is 15.9. The second-order valence-electron chi connectivity index (χ2n) is 6.40. The zero-order valence-electron chi connectivity index (χ0n) is 14.4. The first kappa shape index (κ1) is 18.0. The van der Waals surface area contributed by atoms with Crippen molar-refractivity contribution in [2.24, 2.45) is 5.92 Å². The number of thiazole rings is 1. The molecule has 3 heterocycles. The Hall–Kier alpha value is -1.77. The largest absolute Gasteiger partial charge is 0.318 e. The van der Waals surface area contributed by atoms with Crippen molar-refractivity contribution in [2.75, 3.05) is 23.7 Å². The number of anilines is 2.